The molecule has 1 heterocycles. The number of aryl methyl sites for hydroxylation is 1. The van der Waals surface area contributed by atoms with Crippen molar-refractivity contribution in [3.63, 3.8) is 0 Å². The molecule has 1 aromatic carbocycles. The molecule has 1 aliphatic rings. The van der Waals surface area contributed by atoms with E-state index < -0.39 is 0 Å². The summed E-state index contributed by atoms with van der Waals surface area (Å²) in [6.07, 6.45) is 1.13. The predicted molar refractivity (Wildman–Crippen MR) is 85.9 cm³/mol. The van der Waals surface area contributed by atoms with Crippen LogP contribution in [0.2, 0.25) is 0 Å². The summed E-state index contributed by atoms with van der Waals surface area (Å²) in [6.45, 7) is 10.3. The van der Waals surface area contributed by atoms with Crippen LogP contribution in [0.5, 0.6) is 0 Å². The smallest absolute Gasteiger partial charge is 0.256 e. The summed E-state index contributed by atoms with van der Waals surface area (Å²) >= 11 is 0. The second kappa shape index (κ2) is 6.94. The van der Waals surface area contributed by atoms with E-state index in [1.54, 1.807) is 0 Å². The fraction of sp³-hybridized carbons (Fsp3) is 0.588. The number of carbonyl (C=O) groups is 1. The number of carbonyl (C=O) groups excluding carboxylic acids is 1. The van der Waals surface area contributed by atoms with E-state index >= 15 is 0 Å². The van der Waals surface area contributed by atoms with E-state index in [1.807, 2.05) is 43.9 Å². The quantitative estimate of drug-likeness (QED) is 0.926. The first-order chi connectivity index (χ1) is 10.0. The molecule has 4 heteroatoms. The zero-order chi connectivity index (χ0) is 15.4. The molecule has 1 saturated heterocycles. The Kier molecular flexibility index (Phi) is 5.23. The molecule has 0 spiro atoms. The van der Waals surface area contributed by atoms with Gasteiger partial charge in [-0.3, -0.25) is 4.79 Å². The van der Waals surface area contributed by atoms with Gasteiger partial charge in [0.05, 0.1) is 24.3 Å². The lowest BCUT2D eigenvalue weighted by Crippen LogP contribution is -2.50. The third kappa shape index (κ3) is 3.76. The van der Waals surface area contributed by atoms with E-state index in [-0.39, 0.29) is 18.1 Å². The number of nitrogens with one attached hydrogen (secondary N) is 1. The second-order valence-corrected chi connectivity index (χ2v) is 5.93. The maximum Gasteiger partial charge on any atom is 0.256 e. The highest BCUT2D eigenvalue weighted by Gasteiger charge is 2.29. The van der Waals surface area contributed by atoms with Crippen LogP contribution >= 0.6 is 0 Å². The standard InChI is InChI=1S/C17H26N2O2/c1-5-8-18-16-7-6-12(2)9-15(16)17(20)19-10-14(4)21-11-13(19)3/h6-7,9,13-14,18H,5,8,10-11H2,1-4H3. The zero-order valence-corrected chi connectivity index (χ0v) is 13.5. The van der Waals surface area contributed by atoms with Crippen LogP contribution in [-0.4, -0.2) is 42.6 Å². The van der Waals surface area contributed by atoms with Crippen LogP contribution in [0, 0.1) is 6.92 Å². The molecule has 0 aliphatic carbocycles. The van der Waals surface area contributed by atoms with E-state index in [4.69, 9.17) is 4.74 Å². The summed E-state index contributed by atoms with van der Waals surface area (Å²) in [5.74, 6) is 0.0972. The van der Waals surface area contributed by atoms with Crippen molar-refractivity contribution in [2.75, 3.05) is 25.0 Å². The lowest BCUT2D eigenvalue weighted by molar-refractivity contribution is -0.0386. The van der Waals surface area contributed by atoms with Crippen molar-refractivity contribution in [2.24, 2.45) is 0 Å². The van der Waals surface area contributed by atoms with Crippen molar-refractivity contribution < 1.29 is 9.53 Å². The van der Waals surface area contributed by atoms with Gasteiger partial charge >= 0.3 is 0 Å². The molecule has 116 valence electrons. The minimum Gasteiger partial charge on any atom is -0.384 e. The molecule has 2 unspecified atom stereocenters. The molecule has 4 nitrogen and oxygen atoms in total. The molecule has 1 fully saturated rings. The average Bonchev–Trinajstić information content (AvgIpc) is 2.47. The predicted octanol–water partition coefficient (Wildman–Crippen LogP) is 3.07. The van der Waals surface area contributed by atoms with E-state index in [9.17, 15) is 4.79 Å². The molecule has 2 rings (SSSR count). The highest BCUT2D eigenvalue weighted by molar-refractivity contribution is 6.00. The summed E-state index contributed by atoms with van der Waals surface area (Å²) in [5, 5.41) is 3.36. The topological polar surface area (TPSA) is 41.6 Å². The zero-order valence-electron chi connectivity index (χ0n) is 13.5. The number of hydrogen-bond donors (Lipinski definition) is 1. The number of morpholine rings is 1. The number of hydrogen-bond acceptors (Lipinski definition) is 3. The van der Waals surface area contributed by atoms with Gasteiger partial charge in [-0.2, -0.15) is 0 Å². The highest BCUT2D eigenvalue weighted by Crippen LogP contribution is 2.22. The van der Waals surface area contributed by atoms with Crippen molar-refractivity contribution in [1.82, 2.24) is 4.90 Å². The van der Waals surface area contributed by atoms with Gasteiger partial charge in [0.15, 0.2) is 0 Å². The second-order valence-electron chi connectivity index (χ2n) is 5.93. The first-order valence-corrected chi connectivity index (χ1v) is 7.80. The van der Waals surface area contributed by atoms with Gasteiger partial charge in [0.1, 0.15) is 0 Å². The Morgan fingerprint density at radius 2 is 2.19 bits per heavy atom. The molecule has 0 radical (unpaired) electrons. The Balaban J connectivity index is 2.26. The summed E-state index contributed by atoms with van der Waals surface area (Å²) in [5.41, 5.74) is 2.80. The van der Waals surface area contributed by atoms with Crippen LogP contribution in [0.4, 0.5) is 5.69 Å². The number of ether oxygens (including phenoxy) is 1. The number of nitrogens with zero attached hydrogens (tertiary/aromatic N) is 1. The molecule has 0 saturated carbocycles. The minimum atomic E-state index is 0.0972. The average molecular weight is 290 g/mol. The number of amides is 1. The van der Waals surface area contributed by atoms with E-state index in [0.717, 1.165) is 29.8 Å². The molecule has 1 N–H and O–H groups in total. The molecule has 21 heavy (non-hydrogen) atoms. The molecule has 0 aromatic heterocycles. The van der Waals surface area contributed by atoms with Gasteiger partial charge in [0.2, 0.25) is 0 Å². The molecule has 1 aromatic rings. The Bertz CT molecular complexity index is 502. The Labute approximate surface area is 127 Å². The van der Waals surface area contributed by atoms with Gasteiger partial charge in [0.25, 0.3) is 5.91 Å². The summed E-state index contributed by atoms with van der Waals surface area (Å²) < 4.78 is 5.62. The molecule has 1 aliphatic heterocycles. The Morgan fingerprint density at radius 3 is 2.90 bits per heavy atom. The van der Waals surface area contributed by atoms with E-state index in [1.165, 1.54) is 0 Å². The van der Waals surface area contributed by atoms with Crippen molar-refractivity contribution >= 4 is 11.6 Å². The summed E-state index contributed by atoms with van der Waals surface area (Å²) in [6, 6.07) is 6.15. The number of rotatable bonds is 4. The Morgan fingerprint density at radius 1 is 1.43 bits per heavy atom. The van der Waals surface area contributed by atoms with Gasteiger partial charge in [-0.1, -0.05) is 18.6 Å². The van der Waals surface area contributed by atoms with Crippen molar-refractivity contribution in [2.45, 2.75) is 46.3 Å². The third-order valence-corrected chi connectivity index (χ3v) is 3.84. The normalized spacial score (nSPS) is 22.2. The van der Waals surface area contributed by atoms with Gasteiger partial charge < -0.3 is 15.0 Å². The fourth-order valence-electron chi connectivity index (χ4n) is 2.59. The first-order valence-electron chi connectivity index (χ1n) is 7.80. The minimum absolute atomic E-state index is 0.0972. The Hall–Kier alpha value is -1.55. The van der Waals surface area contributed by atoms with Gasteiger partial charge in [0, 0.05) is 18.8 Å². The van der Waals surface area contributed by atoms with Crippen molar-refractivity contribution in [3.8, 4) is 0 Å². The van der Waals surface area contributed by atoms with Crippen LogP contribution in [0.3, 0.4) is 0 Å². The summed E-state index contributed by atoms with van der Waals surface area (Å²) in [7, 11) is 0. The first kappa shape index (κ1) is 15.8. The van der Waals surface area contributed by atoms with Crippen molar-refractivity contribution in [3.05, 3.63) is 29.3 Å². The van der Waals surface area contributed by atoms with Gasteiger partial charge in [-0.25, -0.2) is 0 Å². The van der Waals surface area contributed by atoms with Crippen LogP contribution in [0.25, 0.3) is 0 Å². The van der Waals surface area contributed by atoms with Gasteiger partial charge in [-0.15, -0.1) is 0 Å². The molecular formula is C17H26N2O2. The lowest BCUT2D eigenvalue weighted by atomic mass is 10.1. The van der Waals surface area contributed by atoms with E-state index in [0.29, 0.717) is 13.2 Å². The molecule has 0 bridgehead atoms. The molecule has 1 amide bonds. The fourth-order valence-corrected chi connectivity index (χ4v) is 2.59. The molecular weight excluding hydrogens is 264 g/mol. The van der Waals surface area contributed by atoms with Crippen LogP contribution in [0.15, 0.2) is 18.2 Å². The third-order valence-electron chi connectivity index (χ3n) is 3.84. The van der Waals surface area contributed by atoms with Gasteiger partial charge in [-0.05, 0) is 39.3 Å². The van der Waals surface area contributed by atoms with Crippen LogP contribution in [-0.2, 0) is 4.74 Å². The van der Waals surface area contributed by atoms with Crippen LogP contribution in [0.1, 0.15) is 43.1 Å². The maximum atomic E-state index is 12.9. The van der Waals surface area contributed by atoms with Crippen molar-refractivity contribution in [1.29, 1.82) is 0 Å². The maximum absolute atomic E-state index is 12.9. The largest absolute Gasteiger partial charge is 0.384 e. The van der Waals surface area contributed by atoms with Crippen LogP contribution < -0.4 is 5.32 Å². The molecule has 2 atom stereocenters. The summed E-state index contributed by atoms with van der Waals surface area (Å²) in [4.78, 5) is 14.9. The highest BCUT2D eigenvalue weighted by atomic mass is 16.5. The SMILES string of the molecule is CCCNc1ccc(C)cc1C(=O)N1CC(C)OCC1C. The monoisotopic (exact) mass is 290 g/mol. The number of anilines is 1. The lowest BCUT2D eigenvalue weighted by Gasteiger charge is -2.37. The number of benzene rings is 1. The van der Waals surface area contributed by atoms with E-state index in [2.05, 4.69) is 12.2 Å².